The van der Waals surface area contributed by atoms with Crippen molar-refractivity contribution in [1.82, 2.24) is 9.62 Å². The van der Waals surface area contributed by atoms with Gasteiger partial charge in [0.05, 0.1) is 6.26 Å². The lowest BCUT2D eigenvalue weighted by Crippen LogP contribution is -2.44. The molecule has 5 heteroatoms. The van der Waals surface area contributed by atoms with E-state index in [0.29, 0.717) is 19.1 Å². The summed E-state index contributed by atoms with van der Waals surface area (Å²) in [5.41, 5.74) is 3.92. The molecule has 0 amide bonds. The number of hydrogen-bond donors (Lipinski definition) is 1. The minimum atomic E-state index is -3.02. The number of aryl methyl sites for hydroxylation is 2. The number of hydrogen-bond acceptors (Lipinski definition) is 3. The van der Waals surface area contributed by atoms with E-state index in [-0.39, 0.29) is 0 Å². The summed E-state index contributed by atoms with van der Waals surface area (Å²) >= 11 is 0. The first-order valence-electron chi connectivity index (χ1n) is 7.11. The van der Waals surface area contributed by atoms with Crippen LogP contribution in [0.3, 0.4) is 0 Å². The van der Waals surface area contributed by atoms with Crippen LogP contribution in [0.4, 0.5) is 0 Å². The third-order valence-corrected chi connectivity index (χ3v) is 5.31. The smallest absolute Gasteiger partial charge is 0.211 e. The molecule has 0 radical (unpaired) electrons. The van der Waals surface area contributed by atoms with E-state index in [4.69, 9.17) is 0 Å². The van der Waals surface area contributed by atoms with Gasteiger partial charge in [-0.15, -0.1) is 0 Å². The van der Waals surface area contributed by atoms with Crippen LogP contribution in [0, 0.1) is 13.8 Å². The lowest BCUT2D eigenvalue weighted by atomic mass is 10.0. The van der Waals surface area contributed by atoms with Crippen LogP contribution >= 0.6 is 0 Å². The van der Waals surface area contributed by atoms with Crippen LogP contribution in [0.2, 0.25) is 0 Å². The Bertz CT molecular complexity index is 561. The van der Waals surface area contributed by atoms with E-state index in [2.05, 4.69) is 37.4 Å². The normalized spacial score (nSPS) is 18.4. The van der Waals surface area contributed by atoms with Crippen LogP contribution < -0.4 is 5.32 Å². The quantitative estimate of drug-likeness (QED) is 0.922. The van der Waals surface area contributed by atoms with Crippen LogP contribution in [0.25, 0.3) is 0 Å². The Morgan fingerprint density at radius 2 is 1.90 bits per heavy atom. The zero-order valence-electron chi connectivity index (χ0n) is 12.5. The molecule has 1 aromatic carbocycles. The molecule has 0 aromatic heterocycles. The van der Waals surface area contributed by atoms with Crippen molar-refractivity contribution in [1.29, 1.82) is 0 Å². The van der Waals surface area contributed by atoms with E-state index in [1.165, 1.54) is 22.9 Å². The fourth-order valence-corrected chi connectivity index (χ4v) is 3.56. The van der Waals surface area contributed by atoms with Crippen LogP contribution in [0.1, 0.15) is 29.5 Å². The molecule has 0 spiro atoms. The Morgan fingerprint density at radius 3 is 2.45 bits per heavy atom. The molecule has 1 heterocycles. The fourth-order valence-electron chi connectivity index (χ4n) is 2.69. The lowest BCUT2D eigenvalue weighted by molar-refractivity contribution is 0.290. The molecule has 112 valence electrons. The third-order valence-electron chi connectivity index (χ3n) is 4.00. The summed E-state index contributed by atoms with van der Waals surface area (Å²) in [6.07, 6.45) is 3.06. The average molecular weight is 296 g/mol. The Labute approximate surface area is 122 Å². The number of nitrogens with zero attached hydrogens (tertiary/aromatic N) is 1. The van der Waals surface area contributed by atoms with E-state index in [9.17, 15) is 8.42 Å². The molecule has 0 atom stereocenters. The standard InChI is InChI=1S/C15H24N2O2S/c1-12-4-5-14(13(2)10-12)11-16-15-6-8-17(9-7-15)20(3,18)19/h4-5,10,15-16H,6-9,11H2,1-3H3. The highest BCUT2D eigenvalue weighted by atomic mass is 32.2. The van der Waals surface area contributed by atoms with Gasteiger partial charge in [-0.25, -0.2) is 12.7 Å². The summed E-state index contributed by atoms with van der Waals surface area (Å²) in [5, 5.41) is 3.55. The van der Waals surface area contributed by atoms with Crippen molar-refractivity contribution in [2.24, 2.45) is 0 Å². The molecular formula is C15H24N2O2S. The van der Waals surface area contributed by atoms with Gasteiger partial charge in [0.25, 0.3) is 0 Å². The monoisotopic (exact) mass is 296 g/mol. The molecule has 1 saturated heterocycles. The Balaban J connectivity index is 1.84. The first kappa shape index (κ1) is 15.5. The highest BCUT2D eigenvalue weighted by Gasteiger charge is 2.24. The number of sulfonamides is 1. The zero-order valence-corrected chi connectivity index (χ0v) is 13.3. The number of rotatable bonds is 4. The topological polar surface area (TPSA) is 49.4 Å². The largest absolute Gasteiger partial charge is 0.310 e. The summed E-state index contributed by atoms with van der Waals surface area (Å²) in [6.45, 7) is 6.35. The highest BCUT2D eigenvalue weighted by molar-refractivity contribution is 7.88. The van der Waals surface area contributed by atoms with E-state index in [0.717, 1.165) is 19.4 Å². The molecule has 1 aliphatic heterocycles. The molecule has 1 aromatic rings. The lowest BCUT2D eigenvalue weighted by Gasteiger charge is -2.30. The minimum absolute atomic E-state index is 0.411. The molecule has 20 heavy (non-hydrogen) atoms. The van der Waals surface area contributed by atoms with Crippen molar-refractivity contribution in [2.45, 2.75) is 39.3 Å². The van der Waals surface area contributed by atoms with Gasteiger partial charge in [0.1, 0.15) is 0 Å². The zero-order chi connectivity index (χ0) is 14.8. The van der Waals surface area contributed by atoms with Crippen LogP contribution in [-0.4, -0.2) is 38.1 Å². The Hall–Kier alpha value is -0.910. The molecule has 1 N–H and O–H groups in total. The number of benzene rings is 1. The predicted molar refractivity (Wildman–Crippen MR) is 82.2 cm³/mol. The molecule has 1 fully saturated rings. The van der Waals surface area contributed by atoms with E-state index in [1.54, 1.807) is 4.31 Å². The summed E-state index contributed by atoms with van der Waals surface area (Å²) in [7, 11) is -3.02. The molecule has 0 saturated carbocycles. The minimum Gasteiger partial charge on any atom is -0.310 e. The van der Waals surface area contributed by atoms with Crippen molar-refractivity contribution in [3.63, 3.8) is 0 Å². The van der Waals surface area contributed by atoms with Gasteiger partial charge in [-0.3, -0.25) is 0 Å². The van der Waals surface area contributed by atoms with Crippen molar-refractivity contribution < 1.29 is 8.42 Å². The van der Waals surface area contributed by atoms with Gasteiger partial charge in [0.2, 0.25) is 10.0 Å². The fraction of sp³-hybridized carbons (Fsp3) is 0.600. The number of piperidine rings is 1. The van der Waals surface area contributed by atoms with E-state index < -0.39 is 10.0 Å². The van der Waals surface area contributed by atoms with Crippen molar-refractivity contribution in [3.05, 3.63) is 34.9 Å². The van der Waals surface area contributed by atoms with Crippen LogP contribution in [-0.2, 0) is 16.6 Å². The summed E-state index contributed by atoms with van der Waals surface area (Å²) in [5.74, 6) is 0. The van der Waals surface area contributed by atoms with Gasteiger partial charge in [-0.2, -0.15) is 0 Å². The van der Waals surface area contributed by atoms with E-state index >= 15 is 0 Å². The maximum atomic E-state index is 11.5. The molecule has 0 unspecified atom stereocenters. The second-order valence-electron chi connectivity index (χ2n) is 5.75. The van der Waals surface area contributed by atoms with Gasteiger partial charge < -0.3 is 5.32 Å². The first-order chi connectivity index (χ1) is 9.36. The van der Waals surface area contributed by atoms with Gasteiger partial charge in [0, 0.05) is 25.7 Å². The second-order valence-corrected chi connectivity index (χ2v) is 7.73. The van der Waals surface area contributed by atoms with Gasteiger partial charge in [-0.05, 0) is 37.8 Å². The van der Waals surface area contributed by atoms with Crippen molar-refractivity contribution in [2.75, 3.05) is 19.3 Å². The molecule has 0 aliphatic carbocycles. The van der Waals surface area contributed by atoms with Crippen molar-refractivity contribution in [3.8, 4) is 0 Å². The third kappa shape index (κ3) is 4.04. The first-order valence-corrected chi connectivity index (χ1v) is 8.96. The SMILES string of the molecule is Cc1ccc(CNC2CCN(S(C)(=O)=O)CC2)c(C)c1. The molecule has 4 nitrogen and oxygen atoms in total. The van der Waals surface area contributed by atoms with Gasteiger partial charge >= 0.3 is 0 Å². The average Bonchev–Trinajstić information content (AvgIpc) is 2.37. The molecular weight excluding hydrogens is 272 g/mol. The molecule has 0 bridgehead atoms. The maximum Gasteiger partial charge on any atom is 0.211 e. The molecule has 1 aliphatic rings. The second kappa shape index (κ2) is 6.24. The maximum absolute atomic E-state index is 11.5. The highest BCUT2D eigenvalue weighted by Crippen LogP contribution is 2.15. The summed E-state index contributed by atoms with van der Waals surface area (Å²) < 4.78 is 24.5. The summed E-state index contributed by atoms with van der Waals surface area (Å²) in [4.78, 5) is 0. The molecule has 2 rings (SSSR count). The predicted octanol–water partition coefficient (Wildman–Crippen LogP) is 1.82. The van der Waals surface area contributed by atoms with Gasteiger partial charge in [-0.1, -0.05) is 23.8 Å². The van der Waals surface area contributed by atoms with Crippen molar-refractivity contribution >= 4 is 10.0 Å². The van der Waals surface area contributed by atoms with E-state index in [1.807, 2.05) is 0 Å². The Morgan fingerprint density at radius 1 is 1.25 bits per heavy atom. The van der Waals surface area contributed by atoms with Crippen LogP contribution in [0.5, 0.6) is 0 Å². The van der Waals surface area contributed by atoms with Gasteiger partial charge in [0.15, 0.2) is 0 Å². The summed E-state index contributed by atoms with van der Waals surface area (Å²) in [6, 6.07) is 6.91. The number of nitrogens with one attached hydrogen (secondary N) is 1. The van der Waals surface area contributed by atoms with Crippen LogP contribution in [0.15, 0.2) is 18.2 Å². The Kier molecular flexibility index (Phi) is 4.83.